The molecular weight excluding hydrogens is 130 g/mol. The topological polar surface area (TPSA) is 63.3 Å². The summed E-state index contributed by atoms with van der Waals surface area (Å²) in [6.07, 6.45) is 0. The number of nitrogen functional groups attached to an aromatic ring is 1. The van der Waals surface area contributed by atoms with Gasteiger partial charge in [-0.3, -0.25) is 0 Å². The average Bonchev–Trinajstić information content (AvgIpc) is 1.88. The maximum Gasteiger partial charge on any atom is 0.335 e. The van der Waals surface area contributed by atoms with Crippen LogP contribution in [0.25, 0.3) is 0 Å². The predicted octanol–water partition coefficient (Wildman–Crippen LogP) is 0.767. The smallest absolute Gasteiger partial charge is 0.335 e. The van der Waals surface area contributed by atoms with Crippen molar-refractivity contribution >= 4 is 11.7 Å². The second-order valence-corrected chi connectivity index (χ2v) is 1.84. The van der Waals surface area contributed by atoms with Gasteiger partial charge in [-0.2, -0.15) is 0 Å². The highest BCUT2D eigenvalue weighted by atomic mass is 16.4. The van der Waals surface area contributed by atoms with E-state index < -0.39 is 5.97 Å². The molecular formula is C7H6NO2. The van der Waals surface area contributed by atoms with Gasteiger partial charge in [0.1, 0.15) is 0 Å². The molecule has 1 radical (unpaired) electrons. The van der Waals surface area contributed by atoms with Crippen molar-refractivity contribution in [3.63, 3.8) is 0 Å². The number of benzene rings is 1. The first-order valence-corrected chi connectivity index (χ1v) is 2.70. The van der Waals surface area contributed by atoms with E-state index in [1.54, 1.807) is 0 Å². The van der Waals surface area contributed by atoms with Crippen molar-refractivity contribution in [2.45, 2.75) is 0 Å². The molecule has 1 aromatic rings. The minimum absolute atomic E-state index is 0.203. The van der Waals surface area contributed by atoms with Gasteiger partial charge in [0.15, 0.2) is 0 Å². The van der Waals surface area contributed by atoms with Gasteiger partial charge in [-0.15, -0.1) is 0 Å². The molecule has 3 nitrogen and oxygen atoms in total. The summed E-state index contributed by atoms with van der Waals surface area (Å²) >= 11 is 0. The van der Waals surface area contributed by atoms with Crippen LogP contribution in [0.5, 0.6) is 0 Å². The molecule has 1 rings (SSSR count). The molecule has 0 heterocycles. The SMILES string of the molecule is Nc1[c]cc(C(=O)O)cc1. The summed E-state index contributed by atoms with van der Waals surface area (Å²) in [5.74, 6) is -0.962. The van der Waals surface area contributed by atoms with E-state index in [-0.39, 0.29) is 5.56 Å². The minimum atomic E-state index is -0.962. The Morgan fingerprint density at radius 1 is 1.60 bits per heavy atom. The van der Waals surface area contributed by atoms with Crippen LogP contribution in [0.15, 0.2) is 18.2 Å². The molecule has 0 fully saturated rings. The van der Waals surface area contributed by atoms with E-state index in [4.69, 9.17) is 10.8 Å². The number of nitrogens with two attached hydrogens (primary N) is 1. The number of carbonyl (C=O) groups is 1. The van der Waals surface area contributed by atoms with Crippen molar-refractivity contribution in [1.82, 2.24) is 0 Å². The summed E-state index contributed by atoms with van der Waals surface area (Å²) < 4.78 is 0. The van der Waals surface area contributed by atoms with Crippen molar-refractivity contribution in [3.05, 3.63) is 29.8 Å². The van der Waals surface area contributed by atoms with Crippen molar-refractivity contribution in [1.29, 1.82) is 0 Å². The van der Waals surface area contributed by atoms with Crippen molar-refractivity contribution in [2.75, 3.05) is 5.73 Å². The molecule has 0 aliphatic rings. The summed E-state index contributed by atoms with van der Waals surface area (Å²) in [5.41, 5.74) is 5.93. The third-order valence-corrected chi connectivity index (χ3v) is 1.08. The Morgan fingerprint density at radius 2 is 2.30 bits per heavy atom. The number of carboxylic acids is 1. The first-order chi connectivity index (χ1) is 4.70. The van der Waals surface area contributed by atoms with E-state index in [0.717, 1.165) is 0 Å². The summed E-state index contributed by atoms with van der Waals surface area (Å²) in [7, 11) is 0. The van der Waals surface area contributed by atoms with Gasteiger partial charge in [0.2, 0.25) is 0 Å². The number of hydrogen-bond acceptors (Lipinski definition) is 2. The highest BCUT2D eigenvalue weighted by Crippen LogP contribution is 2.03. The third kappa shape index (κ3) is 1.25. The van der Waals surface area contributed by atoms with Crippen LogP contribution in [0.3, 0.4) is 0 Å². The second kappa shape index (κ2) is 2.39. The van der Waals surface area contributed by atoms with E-state index in [1.807, 2.05) is 0 Å². The standard InChI is InChI=1S/C7H6NO2/c8-6-3-1-5(2-4-6)7(9)10/h1-3H,8H2,(H,9,10). The van der Waals surface area contributed by atoms with Gasteiger partial charge in [0, 0.05) is 11.8 Å². The Morgan fingerprint density at radius 3 is 2.70 bits per heavy atom. The fraction of sp³-hybridized carbons (Fsp3) is 0. The van der Waals surface area contributed by atoms with Gasteiger partial charge >= 0.3 is 5.97 Å². The van der Waals surface area contributed by atoms with Crippen LogP contribution in [0.4, 0.5) is 5.69 Å². The molecule has 0 atom stereocenters. The summed E-state index contributed by atoms with van der Waals surface area (Å²) in [6, 6.07) is 6.87. The Balaban J connectivity index is 3.00. The molecule has 51 valence electrons. The van der Waals surface area contributed by atoms with Crippen molar-refractivity contribution in [2.24, 2.45) is 0 Å². The van der Waals surface area contributed by atoms with Crippen LogP contribution in [0.1, 0.15) is 10.4 Å². The lowest BCUT2D eigenvalue weighted by Gasteiger charge is -1.92. The minimum Gasteiger partial charge on any atom is -0.478 e. The fourth-order valence-corrected chi connectivity index (χ4v) is 0.570. The molecule has 3 N–H and O–H groups in total. The van der Waals surface area contributed by atoms with E-state index in [0.29, 0.717) is 5.69 Å². The fourth-order valence-electron chi connectivity index (χ4n) is 0.570. The van der Waals surface area contributed by atoms with Gasteiger partial charge in [0.25, 0.3) is 0 Å². The maximum atomic E-state index is 10.3. The van der Waals surface area contributed by atoms with Gasteiger partial charge in [-0.1, -0.05) is 0 Å². The lowest BCUT2D eigenvalue weighted by molar-refractivity contribution is 0.0697. The predicted molar refractivity (Wildman–Crippen MR) is 36.6 cm³/mol. The number of carboxylic acid groups (broad SMARTS) is 1. The molecule has 0 aromatic heterocycles. The zero-order chi connectivity index (χ0) is 7.56. The van der Waals surface area contributed by atoms with Crippen LogP contribution >= 0.6 is 0 Å². The van der Waals surface area contributed by atoms with E-state index in [2.05, 4.69) is 6.07 Å². The molecule has 0 unspecified atom stereocenters. The largest absolute Gasteiger partial charge is 0.478 e. The van der Waals surface area contributed by atoms with Gasteiger partial charge in [-0.25, -0.2) is 4.79 Å². The number of rotatable bonds is 1. The zero-order valence-electron chi connectivity index (χ0n) is 5.16. The van der Waals surface area contributed by atoms with E-state index in [9.17, 15) is 4.79 Å². The van der Waals surface area contributed by atoms with Crippen LogP contribution in [-0.4, -0.2) is 11.1 Å². The molecule has 0 bridgehead atoms. The quantitative estimate of drug-likeness (QED) is 0.560. The Hall–Kier alpha value is -1.51. The van der Waals surface area contributed by atoms with Crippen molar-refractivity contribution in [3.8, 4) is 0 Å². The molecule has 3 heteroatoms. The monoisotopic (exact) mass is 136 g/mol. The van der Waals surface area contributed by atoms with Crippen LogP contribution < -0.4 is 5.73 Å². The Bertz CT molecular complexity index is 240. The Labute approximate surface area is 58.1 Å². The highest BCUT2D eigenvalue weighted by molar-refractivity contribution is 5.87. The van der Waals surface area contributed by atoms with Gasteiger partial charge < -0.3 is 10.8 Å². The normalized spacial score (nSPS) is 9.20. The lowest BCUT2D eigenvalue weighted by atomic mass is 10.2. The maximum absolute atomic E-state index is 10.3. The number of hydrogen-bond donors (Lipinski definition) is 2. The summed E-state index contributed by atoms with van der Waals surface area (Å²) in [6.45, 7) is 0. The first kappa shape index (κ1) is 6.61. The van der Waals surface area contributed by atoms with Crippen LogP contribution in [0, 0.1) is 6.07 Å². The molecule has 0 aliphatic carbocycles. The second-order valence-electron chi connectivity index (χ2n) is 1.84. The zero-order valence-corrected chi connectivity index (χ0v) is 5.16. The molecule has 10 heavy (non-hydrogen) atoms. The lowest BCUT2D eigenvalue weighted by Crippen LogP contribution is -1.95. The molecule has 0 spiro atoms. The molecule has 1 aromatic carbocycles. The first-order valence-electron chi connectivity index (χ1n) is 2.70. The van der Waals surface area contributed by atoms with E-state index >= 15 is 0 Å². The van der Waals surface area contributed by atoms with Gasteiger partial charge in [-0.05, 0) is 18.2 Å². The highest BCUT2D eigenvalue weighted by Gasteiger charge is 1.99. The molecule has 0 saturated carbocycles. The molecule has 0 saturated heterocycles. The van der Waals surface area contributed by atoms with E-state index in [1.165, 1.54) is 18.2 Å². The van der Waals surface area contributed by atoms with Crippen molar-refractivity contribution < 1.29 is 9.90 Å². The molecule has 0 aliphatic heterocycles. The van der Waals surface area contributed by atoms with Crippen LogP contribution in [-0.2, 0) is 0 Å². The third-order valence-electron chi connectivity index (χ3n) is 1.08. The Kier molecular flexibility index (Phi) is 1.58. The molecule has 0 amide bonds. The van der Waals surface area contributed by atoms with Crippen LogP contribution in [0.2, 0.25) is 0 Å². The summed E-state index contributed by atoms with van der Waals surface area (Å²) in [5, 5.41) is 8.41. The number of anilines is 1. The average molecular weight is 136 g/mol. The number of aromatic carboxylic acids is 1. The summed E-state index contributed by atoms with van der Waals surface area (Å²) in [4.78, 5) is 10.3. The van der Waals surface area contributed by atoms with Gasteiger partial charge in [0.05, 0.1) is 5.56 Å².